The number of aliphatic hydroxyl groups excluding tert-OH is 1. The maximum absolute atomic E-state index is 9.06. The van der Waals surface area contributed by atoms with Gasteiger partial charge in [-0.3, -0.25) is 0 Å². The number of allylic oxidation sites excluding steroid dienone is 1. The minimum atomic E-state index is 0.207. The van der Waals surface area contributed by atoms with Gasteiger partial charge in [-0.25, -0.2) is 14.6 Å². The van der Waals surface area contributed by atoms with E-state index in [0.29, 0.717) is 5.52 Å². The summed E-state index contributed by atoms with van der Waals surface area (Å²) in [6.07, 6.45) is 6.46. The van der Waals surface area contributed by atoms with Crippen LogP contribution in [0.1, 0.15) is 42.5 Å². The Kier molecular flexibility index (Phi) is 3.19. The van der Waals surface area contributed by atoms with Crippen molar-refractivity contribution >= 4 is 17.0 Å². The molecular weight excluding hydrogens is 316 g/mol. The van der Waals surface area contributed by atoms with Crippen molar-refractivity contribution in [1.29, 1.82) is 0 Å². The molecule has 2 aliphatic rings. The highest BCUT2D eigenvalue weighted by molar-refractivity contribution is 5.82. The Morgan fingerprint density at radius 3 is 2.96 bits per heavy atom. The standard InChI is InChI=1S/C18H18N6O/c25-9-11-7-13(8-11)24-18-16(22-23-24)17(19-10-20-18)21-15-6-5-12-3-1-2-4-14(12)15/h1-4,9-10,13,15,25H,5-8H2,(H,19,20,21). The van der Waals surface area contributed by atoms with E-state index in [1.165, 1.54) is 17.4 Å². The number of nitrogens with one attached hydrogen (secondary N) is 1. The quantitative estimate of drug-likeness (QED) is 0.716. The number of hydrogen-bond acceptors (Lipinski definition) is 6. The lowest BCUT2D eigenvalue weighted by Gasteiger charge is -2.27. The molecule has 3 aromatic rings. The Morgan fingerprint density at radius 2 is 2.08 bits per heavy atom. The van der Waals surface area contributed by atoms with Crippen molar-refractivity contribution < 1.29 is 5.11 Å². The summed E-state index contributed by atoms with van der Waals surface area (Å²) in [5.41, 5.74) is 5.20. The Bertz CT molecular complexity index is 971. The van der Waals surface area contributed by atoms with Gasteiger partial charge in [-0.1, -0.05) is 29.5 Å². The van der Waals surface area contributed by atoms with Crippen LogP contribution < -0.4 is 5.32 Å². The summed E-state index contributed by atoms with van der Waals surface area (Å²) >= 11 is 0. The average molecular weight is 334 g/mol. The Hall–Kier alpha value is -2.96. The molecule has 5 rings (SSSR count). The molecule has 1 atom stereocenters. The number of aryl methyl sites for hydroxylation is 1. The zero-order chi connectivity index (χ0) is 16.8. The lowest BCUT2D eigenvalue weighted by atomic mass is 9.87. The number of benzene rings is 1. The van der Waals surface area contributed by atoms with E-state index in [2.05, 4.69) is 49.9 Å². The van der Waals surface area contributed by atoms with Gasteiger partial charge in [0.25, 0.3) is 0 Å². The molecule has 1 fully saturated rings. The number of aliphatic hydroxyl groups is 1. The van der Waals surface area contributed by atoms with Gasteiger partial charge >= 0.3 is 0 Å². The molecular formula is C18H18N6O. The van der Waals surface area contributed by atoms with Gasteiger partial charge in [0.1, 0.15) is 6.33 Å². The Balaban J connectivity index is 1.46. The third-order valence-electron chi connectivity index (χ3n) is 5.23. The zero-order valence-corrected chi connectivity index (χ0v) is 13.6. The van der Waals surface area contributed by atoms with Gasteiger partial charge in [-0.15, -0.1) is 5.10 Å². The molecule has 1 saturated carbocycles. The smallest absolute Gasteiger partial charge is 0.184 e. The topological polar surface area (TPSA) is 88.8 Å². The predicted octanol–water partition coefficient (Wildman–Crippen LogP) is 3.10. The van der Waals surface area contributed by atoms with Crippen molar-refractivity contribution in [1.82, 2.24) is 25.0 Å². The third kappa shape index (κ3) is 2.26. The van der Waals surface area contributed by atoms with E-state index >= 15 is 0 Å². The van der Waals surface area contributed by atoms with E-state index in [-0.39, 0.29) is 12.1 Å². The molecule has 0 amide bonds. The van der Waals surface area contributed by atoms with Gasteiger partial charge in [0.05, 0.1) is 18.3 Å². The largest absolute Gasteiger partial charge is 0.516 e. The minimum Gasteiger partial charge on any atom is -0.516 e. The maximum Gasteiger partial charge on any atom is 0.184 e. The van der Waals surface area contributed by atoms with Crippen LogP contribution in [-0.2, 0) is 6.42 Å². The van der Waals surface area contributed by atoms with Crippen LogP contribution in [-0.4, -0.2) is 30.1 Å². The minimum absolute atomic E-state index is 0.207. The van der Waals surface area contributed by atoms with Crippen LogP contribution in [0.5, 0.6) is 0 Å². The number of fused-ring (bicyclic) bond motifs is 2. The molecule has 2 N–H and O–H groups in total. The van der Waals surface area contributed by atoms with Crippen LogP contribution in [0.3, 0.4) is 0 Å². The zero-order valence-electron chi connectivity index (χ0n) is 13.6. The van der Waals surface area contributed by atoms with Crippen LogP contribution in [0, 0.1) is 0 Å². The summed E-state index contributed by atoms with van der Waals surface area (Å²) in [6, 6.07) is 8.97. The monoisotopic (exact) mass is 334 g/mol. The molecule has 126 valence electrons. The second-order valence-electron chi connectivity index (χ2n) is 6.71. The van der Waals surface area contributed by atoms with Crippen molar-refractivity contribution in [3.63, 3.8) is 0 Å². The third-order valence-corrected chi connectivity index (χ3v) is 5.23. The fraction of sp³-hybridized carbons (Fsp3) is 0.333. The van der Waals surface area contributed by atoms with Gasteiger partial charge in [-0.05, 0) is 42.4 Å². The van der Waals surface area contributed by atoms with Gasteiger partial charge in [0, 0.05) is 0 Å². The first-order chi connectivity index (χ1) is 12.3. The Labute approximate surface area is 144 Å². The van der Waals surface area contributed by atoms with Crippen LogP contribution in [0.2, 0.25) is 0 Å². The van der Waals surface area contributed by atoms with Crippen molar-refractivity contribution in [2.75, 3.05) is 5.32 Å². The number of anilines is 1. The first kappa shape index (κ1) is 14.4. The lowest BCUT2D eigenvalue weighted by molar-refractivity contribution is 0.349. The first-order valence-electron chi connectivity index (χ1n) is 8.56. The molecule has 25 heavy (non-hydrogen) atoms. The van der Waals surface area contributed by atoms with Crippen LogP contribution in [0.25, 0.3) is 11.2 Å². The maximum atomic E-state index is 9.06. The molecule has 0 aliphatic heterocycles. The van der Waals surface area contributed by atoms with Crippen molar-refractivity contribution in [3.05, 3.63) is 53.6 Å². The summed E-state index contributed by atoms with van der Waals surface area (Å²) in [4.78, 5) is 8.78. The van der Waals surface area contributed by atoms with Crippen LogP contribution in [0.4, 0.5) is 5.82 Å². The van der Waals surface area contributed by atoms with E-state index in [0.717, 1.165) is 42.7 Å². The van der Waals surface area contributed by atoms with Crippen LogP contribution in [0.15, 0.2) is 42.4 Å². The number of aromatic nitrogens is 5. The molecule has 0 spiro atoms. The average Bonchev–Trinajstić information content (AvgIpc) is 3.20. The highest BCUT2D eigenvalue weighted by Crippen LogP contribution is 2.38. The number of nitrogens with zero attached hydrogens (tertiary/aromatic N) is 5. The molecule has 0 radical (unpaired) electrons. The van der Waals surface area contributed by atoms with E-state index in [4.69, 9.17) is 5.11 Å². The molecule has 0 bridgehead atoms. The fourth-order valence-electron chi connectivity index (χ4n) is 3.81. The second kappa shape index (κ2) is 5.54. The van der Waals surface area contributed by atoms with E-state index in [1.807, 2.05) is 4.68 Å². The molecule has 2 aliphatic carbocycles. The molecule has 7 nitrogen and oxygen atoms in total. The van der Waals surface area contributed by atoms with Gasteiger partial charge in [-0.2, -0.15) is 0 Å². The molecule has 7 heteroatoms. The number of hydrogen-bond donors (Lipinski definition) is 2. The first-order valence-corrected chi connectivity index (χ1v) is 8.56. The summed E-state index contributed by atoms with van der Waals surface area (Å²) in [6.45, 7) is 0. The SMILES string of the molecule is OC=C1CC(n2nnc3c(NC4CCc5ccccc54)ncnc32)C1. The predicted molar refractivity (Wildman–Crippen MR) is 93.2 cm³/mol. The highest BCUT2D eigenvalue weighted by atomic mass is 16.2. The molecule has 2 heterocycles. The van der Waals surface area contributed by atoms with E-state index < -0.39 is 0 Å². The highest BCUT2D eigenvalue weighted by Gasteiger charge is 2.29. The normalized spacial score (nSPS) is 21.8. The summed E-state index contributed by atoms with van der Waals surface area (Å²) in [5, 5.41) is 21.2. The lowest BCUT2D eigenvalue weighted by Crippen LogP contribution is -2.21. The van der Waals surface area contributed by atoms with E-state index in [9.17, 15) is 0 Å². The molecule has 1 aromatic carbocycles. The molecule has 2 aromatic heterocycles. The van der Waals surface area contributed by atoms with Crippen molar-refractivity contribution in [2.24, 2.45) is 0 Å². The van der Waals surface area contributed by atoms with Gasteiger partial charge < -0.3 is 10.4 Å². The summed E-state index contributed by atoms with van der Waals surface area (Å²) < 4.78 is 1.85. The van der Waals surface area contributed by atoms with Crippen molar-refractivity contribution in [2.45, 2.75) is 37.8 Å². The molecule has 0 saturated heterocycles. The van der Waals surface area contributed by atoms with Crippen molar-refractivity contribution in [3.8, 4) is 0 Å². The fourth-order valence-corrected chi connectivity index (χ4v) is 3.81. The molecule has 1 unspecified atom stereocenters. The van der Waals surface area contributed by atoms with E-state index in [1.54, 1.807) is 6.33 Å². The summed E-state index contributed by atoms with van der Waals surface area (Å²) in [7, 11) is 0. The Morgan fingerprint density at radius 1 is 1.20 bits per heavy atom. The van der Waals surface area contributed by atoms with Gasteiger partial charge in [0.2, 0.25) is 0 Å². The second-order valence-corrected chi connectivity index (χ2v) is 6.71. The summed E-state index contributed by atoms with van der Waals surface area (Å²) in [5.74, 6) is 0.732. The van der Waals surface area contributed by atoms with Crippen LogP contribution >= 0.6 is 0 Å². The number of rotatable bonds is 3. The van der Waals surface area contributed by atoms with Gasteiger partial charge in [0.15, 0.2) is 17.0 Å².